The number of aromatic hydroxyl groups is 6. The van der Waals surface area contributed by atoms with Gasteiger partial charge in [-0.15, -0.1) is 0 Å². The highest BCUT2D eigenvalue weighted by Gasteiger charge is 2.43. The molecule has 0 saturated heterocycles. The number of rotatable bonds is 7. The molecule has 6 amide bonds. The Bertz CT molecular complexity index is 5340. The van der Waals surface area contributed by atoms with Gasteiger partial charge in [0, 0.05) is 34.9 Å². The van der Waals surface area contributed by atoms with Crippen molar-refractivity contribution < 1.29 is 93.4 Å². The van der Waals surface area contributed by atoms with Gasteiger partial charge in [-0.1, -0.05) is 91.0 Å². The van der Waals surface area contributed by atoms with Crippen molar-refractivity contribution in [1.82, 2.24) is 31.9 Å². The summed E-state index contributed by atoms with van der Waals surface area (Å²) in [5.41, 5.74) is -2.34. The van der Waals surface area contributed by atoms with Crippen LogP contribution >= 0.6 is 0 Å². The average molecular weight is 1440 g/mol. The van der Waals surface area contributed by atoms with Gasteiger partial charge in [-0.25, -0.2) is 4.79 Å². The number of carbonyl (C=O) groups excluding carboxylic acids is 7. The van der Waals surface area contributed by atoms with Gasteiger partial charge in [0.05, 0.1) is 7.11 Å². The number of amides is 6. The Labute approximate surface area is 598 Å². The third-order valence-electron chi connectivity index (χ3n) is 18.7. The topological polar surface area (TPSA) is 449 Å². The summed E-state index contributed by atoms with van der Waals surface area (Å²) in [5.74, 6) is -14.7. The van der Waals surface area contributed by atoms with Crippen LogP contribution in [0.3, 0.4) is 0 Å². The summed E-state index contributed by atoms with van der Waals surface area (Å²) in [4.78, 5) is 134. The predicted molar refractivity (Wildman–Crippen MR) is 375 cm³/mol. The molecule has 9 atom stereocenters. The maximum absolute atomic E-state index is 16.0. The summed E-state index contributed by atoms with van der Waals surface area (Å²) in [5, 5.41) is 115. The van der Waals surface area contributed by atoms with Crippen LogP contribution < -0.4 is 67.6 Å². The molecule has 17 bridgehead atoms. The molecule has 6 heterocycles. The number of hydrogen-bond acceptors (Lipinski definition) is 23. The van der Waals surface area contributed by atoms with E-state index in [2.05, 4.69) is 42.5 Å². The molecule has 10 aromatic carbocycles. The number of aliphatic hydroxyl groups is 2. The van der Waals surface area contributed by atoms with Crippen LogP contribution in [0.15, 0.2) is 186 Å². The van der Waals surface area contributed by atoms with Gasteiger partial charge in [-0.2, -0.15) is 0 Å². The SMILES string of the molecule is COC(=O)C1NC(=O)[C@H]2NC(=O)[C@H](NC(=O)[C@@H]3NC(=O)C4NC(=O)[C@H](NC(=O)[C@@H](Nc5c(NCc6ccc(-c7ccccc7)cc6)c(=O)c5=O)c5ccc(O)c(c5)Oc5cc4cc(O)c5C)[C@H](O)c4ccc(cc4)Oc4cc3cc(c4O)Oc3ccc(cc3)[C@H]2O)c2ccc(O)c(c2)-c2c(O)cc(O)cc21. The molecule has 16 rings (SSSR count). The Morgan fingerprint density at radius 2 is 0.962 bits per heavy atom. The Kier molecular flexibility index (Phi) is 18.1. The summed E-state index contributed by atoms with van der Waals surface area (Å²) in [6.07, 6.45) is -4.13. The summed E-state index contributed by atoms with van der Waals surface area (Å²) in [6, 6.07) is 25.8. The van der Waals surface area contributed by atoms with Crippen LogP contribution in [0.1, 0.15) is 92.5 Å². The second-order valence-corrected chi connectivity index (χ2v) is 25.5. The van der Waals surface area contributed by atoms with E-state index in [0.717, 1.165) is 72.8 Å². The maximum atomic E-state index is 16.0. The molecule has 6 aliphatic heterocycles. The smallest absolute Gasteiger partial charge is 0.333 e. The monoisotopic (exact) mass is 1430 g/mol. The van der Waals surface area contributed by atoms with Gasteiger partial charge in [-0.05, 0) is 136 Å². The fourth-order valence-electron chi connectivity index (χ4n) is 13.0. The molecule has 16 N–H and O–H groups in total. The fraction of sp³-hybridized carbons (Fsp3) is 0.156. The largest absolute Gasteiger partial charge is 0.508 e. The number of hydrogen-bond donors (Lipinski definition) is 16. The standard InChI is InChI=1S/C77H62N8O21/c1-33-50(89)25-41-27-52(33)106-53-26-40(17-23-49(53)88)57(79-63-62(69(94)70(63)95)78-32-34-8-10-36(11-9-34)35-6-4-3-5-7-35)71(96)84-64-66(91)37-12-18-44(19-13-37)104-54-28-42-29-55(68(54)93)105-45-20-14-38(15-21-45)67(92)65-76(101)83-61(77(102)103-2)47-30-43(86)31-51(90)56(47)46-24-39(16-22-48(46)87)58(72(97)85-65)80-74(99)60(42)81-73(98)59(41)82-75(64)100/h3-31,57-61,64-67,78-79,86-93H,32H2,1-2H3,(H,80,99)(H,81,98)(H,82,100)(H,83,101)(H,84,96)(H,85,97)/t57-,58+,59?,60+,61?,64+,65-,66+,67+/m0/s1. The Morgan fingerprint density at radius 3 is 1.58 bits per heavy atom. The molecule has 536 valence electrons. The van der Waals surface area contributed by atoms with Gasteiger partial charge in [0.2, 0.25) is 41.2 Å². The molecule has 0 radical (unpaired) electrons. The summed E-state index contributed by atoms with van der Waals surface area (Å²) in [6.45, 7) is 1.41. The highest BCUT2D eigenvalue weighted by molar-refractivity contribution is 6.00. The van der Waals surface area contributed by atoms with Crippen LogP contribution in [-0.4, -0.2) is 101 Å². The average Bonchev–Trinajstić information content (AvgIpc) is 0.770. The molecule has 6 aliphatic rings. The zero-order valence-corrected chi connectivity index (χ0v) is 55.5. The highest BCUT2D eigenvalue weighted by atomic mass is 16.5. The highest BCUT2D eigenvalue weighted by Crippen LogP contribution is 2.48. The van der Waals surface area contributed by atoms with Crippen LogP contribution in [0.5, 0.6) is 69.0 Å². The van der Waals surface area contributed by atoms with Gasteiger partial charge >= 0.3 is 5.97 Å². The van der Waals surface area contributed by atoms with Crippen molar-refractivity contribution >= 4 is 52.8 Å². The van der Waals surface area contributed by atoms with E-state index in [1.54, 1.807) is 0 Å². The minimum absolute atomic E-state index is 0.0218. The van der Waals surface area contributed by atoms with E-state index in [-0.39, 0.29) is 85.2 Å². The van der Waals surface area contributed by atoms with E-state index in [4.69, 9.17) is 18.9 Å². The van der Waals surface area contributed by atoms with Crippen molar-refractivity contribution in [2.75, 3.05) is 17.7 Å². The molecule has 0 saturated carbocycles. The van der Waals surface area contributed by atoms with Crippen LogP contribution in [0.4, 0.5) is 11.4 Å². The van der Waals surface area contributed by atoms with Crippen molar-refractivity contribution in [3.8, 4) is 91.2 Å². The Hall–Kier alpha value is -13.9. The molecule has 2 unspecified atom stereocenters. The molecule has 29 nitrogen and oxygen atoms in total. The lowest BCUT2D eigenvalue weighted by molar-refractivity contribution is -0.146. The number of nitrogens with one attached hydrogen (secondary N) is 8. The molecule has 0 aromatic heterocycles. The first-order chi connectivity index (χ1) is 50.9. The lowest BCUT2D eigenvalue weighted by atomic mass is 9.89. The molecular weight excluding hydrogens is 1370 g/mol. The first-order valence-electron chi connectivity index (χ1n) is 32.8. The lowest BCUT2D eigenvalue weighted by Crippen LogP contribution is -2.55. The Morgan fingerprint density at radius 1 is 0.453 bits per heavy atom. The van der Waals surface area contributed by atoms with Crippen molar-refractivity contribution in [3.63, 3.8) is 0 Å². The number of anilines is 2. The number of fused-ring (bicyclic) bond motifs is 14. The van der Waals surface area contributed by atoms with Gasteiger partial charge in [-0.3, -0.25) is 38.4 Å². The number of phenols is 6. The van der Waals surface area contributed by atoms with Crippen molar-refractivity contribution in [1.29, 1.82) is 0 Å². The first kappa shape index (κ1) is 69.2. The minimum Gasteiger partial charge on any atom is -0.508 e. The quantitative estimate of drug-likeness (QED) is 0.0590. The van der Waals surface area contributed by atoms with Gasteiger partial charge in [0.1, 0.15) is 100 Å². The van der Waals surface area contributed by atoms with E-state index < -0.39 is 164 Å². The second-order valence-electron chi connectivity index (χ2n) is 25.5. The number of ether oxygens (including phenoxy) is 4. The maximum Gasteiger partial charge on any atom is 0.333 e. The molecule has 106 heavy (non-hydrogen) atoms. The zero-order valence-electron chi connectivity index (χ0n) is 55.5. The van der Waals surface area contributed by atoms with Crippen LogP contribution in [0.2, 0.25) is 0 Å². The number of methoxy groups -OCH3 is 1. The Balaban J connectivity index is 0.902. The van der Waals surface area contributed by atoms with Gasteiger partial charge in [0.15, 0.2) is 29.0 Å². The minimum atomic E-state index is -2.21. The van der Waals surface area contributed by atoms with E-state index in [1.807, 2.05) is 54.6 Å². The number of esters is 1. The molecule has 29 heteroatoms. The first-order valence-corrected chi connectivity index (χ1v) is 32.8. The van der Waals surface area contributed by atoms with Crippen molar-refractivity contribution in [2.45, 2.75) is 68.0 Å². The third-order valence-corrected chi connectivity index (χ3v) is 18.7. The summed E-state index contributed by atoms with van der Waals surface area (Å²) in [7, 11) is 0.966. The van der Waals surface area contributed by atoms with E-state index in [1.165, 1.54) is 73.7 Å². The van der Waals surface area contributed by atoms with Crippen molar-refractivity contribution in [3.05, 3.63) is 246 Å². The second kappa shape index (κ2) is 27.8. The number of benzene rings is 9. The summed E-state index contributed by atoms with van der Waals surface area (Å²) < 4.78 is 23.9. The van der Waals surface area contributed by atoms with E-state index in [0.29, 0.717) is 5.56 Å². The zero-order chi connectivity index (χ0) is 74.7. The number of phenolic OH excluding ortho intramolecular Hbond substituents is 6. The molecule has 10 aromatic rings. The normalized spacial score (nSPS) is 20.6. The van der Waals surface area contributed by atoms with Gasteiger partial charge < -0.3 is 102 Å². The molecular formula is C77H62N8O21. The summed E-state index contributed by atoms with van der Waals surface area (Å²) >= 11 is 0. The predicted octanol–water partition coefficient (Wildman–Crippen LogP) is 6.59. The van der Waals surface area contributed by atoms with Gasteiger partial charge in [0.25, 0.3) is 10.9 Å². The van der Waals surface area contributed by atoms with Crippen LogP contribution in [0.25, 0.3) is 22.3 Å². The number of carbonyl (C=O) groups is 7. The molecule has 0 aliphatic carbocycles. The van der Waals surface area contributed by atoms with E-state index >= 15 is 24.0 Å². The molecule has 0 spiro atoms. The number of aliphatic hydroxyl groups excluding tert-OH is 2. The fourth-order valence-corrected chi connectivity index (χ4v) is 13.0. The third kappa shape index (κ3) is 13.2. The van der Waals surface area contributed by atoms with Crippen LogP contribution in [-0.2, 0) is 44.8 Å². The lowest BCUT2D eigenvalue weighted by Gasteiger charge is -2.32. The molecule has 0 fully saturated rings. The van der Waals surface area contributed by atoms with Crippen LogP contribution in [0, 0.1) is 6.92 Å². The van der Waals surface area contributed by atoms with Crippen molar-refractivity contribution in [2.24, 2.45) is 0 Å². The van der Waals surface area contributed by atoms with E-state index in [9.17, 15) is 60.0 Å².